The quantitative estimate of drug-likeness (QED) is 0.0309. The van der Waals surface area contributed by atoms with Crippen molar-refractivity contribution in [1.29, 1.82) is 0 Å². The van der Waals surface area contributed by atoms with Crippen molar-refractivity contribution in [3.05, 3.63) is 35.9 Å². The van der Waals surface area contributed by atoms with E-state index in [1.807, 2.05) is 19.9 Å². The Hall–Kier alpha value is -2.05. The molecule has 3 atom stereocenters. The van der Waals surface area contributed by atoms with Crippen molar-refractivity contribution in [2.75, 3.05) is 46.1 Å². The van der Waals surface area contributed by atoms with Crippen LogP contribution in [-0.4, -0.2) is 90.9 Å². The Labute approximate surface area is 330 Å². The molecule has 0 spiro atoms. The van der Waals surface area contributed by atoms with Crippen molar-refractivity contribution in [3.8, 4) is 0 Å². The Morgan fingerprint density at radius 3 is 1.57 bits per heavy atom. The van der Waals surface area contributed by atoms with Gasteiger partial charge in [0.15, 0.2) is 5.25 Å². The predicted molar refractivity (Wildman–Crippen MR) is 218 cm³/mol. The molecule has 0 aliphatic heterocycles. The van der Waals surface area contributed by atoms with Gasteiger partial charge in [0, 0.05) is 5.56 Å². The number of hydrogen-bond acceptors (Lipinski definition) is 9. The zero-order chi connectivity index (χ0) is 40.5. The van der Waals surface area contributed by atoms with Crippen molar-refractivity contribution < 1.29 is 46.7 Å². The number of carbonyl (C=O) groups is 2. The zero-order valence-electron chi connectivity index (χ0n) is 34.8. The van der Waals surface area contributed by atoms with Crippen LogP contribution in [0.4, 0.5) is 0 Å². The van der Waals surface area contributed by atoms with Crippen LogP contribution in [0.3, 0.4) is 0 Å². The van der Waals surface area contributed by atoms with Crippen molar-refractivity contribution in [2.45, 2.75) is 168 Å². The third-order valence-corrected chi connectivity index (χ3v) is 11.5. The minimum Gasteiger partial charge on any atom is -0.747 e. The van der Waals surface area contributed by atoms with Gasteiger partial charge in [-0.3, -0.25) is 9.59 Å². The van der Waals surface area contributed by atoms with Crippen LogP contribution < -0.4 is 0 Å². The maximum atomic E-state index is 12.1. The Morgan fingerprint density at radius 1 is 0.667 bits per heavy atom. The molecule has 0 heterocycles. The first kappa shape index (κ1) is 52.0. The van der Waals surface area contributed by atoms with E-state index in [0.29, 0.717) is 0 Å². The lowest BCUT2D eigenvalue weighted by Gasteiger charge is -2.38. The van der Waals surface area contributed by atoms with E-state index < -0.39 is 33.7 Å². The second-order valence-corrected chi connectivity index (χ2v) is 16.7. The van der Waals surface area contributed by atoms with E-state index >= 15 is 0 Å². The van der Waals surface area contributed by atoms with E-state index in [4.69, 9.17) is 9.47 Å². The Morgan fingerprint density at radius 2 is 1.13 bits per heavy atom. The van der Waals surface area contributed by atoms with Gasteiger partial charge in [0.2, 0.25) is 0 Å². The van der Waals surface area contributed by atoms with Crippen molar-refractivity contribution in [3.63, 3.8) is 0 Å². The number of quaternary nitrogens is 1. The van der Waals surface area contributed by atoms with Gasteiger partial charge in [-0.2, -0.15) is 0 Å². The smallest absolute Gasteiger partial charge is 0.323 e. The summed E-state index contributed by atoms with van der Waals surface area (Å²) in [6.07, 6.45) is 20.0. The fourth-order valence-electron chi connectivity index (χ4n) is 6.72. The number of ether oxygens (including phenoxy) is 2. The number of unbranched alkanes of at least 4 members (excludes halogenated alkanes) is 11. The summed E-state index contributed by atoms with van der Waals surface area (Å²) in [6, 6.07) is 10.5. The van der Waals surface area contributed by atoms with Crippen LogP contribution in [0.15, 0.2) is 30.3 Å². The highest BCUT2D eigenvalue weighted by atomic mass is 32.2. The van der Waals surface area contributed by atoms with Crippen LogP contribution in [0.1, 0.15) is 162 Å². The molecule has 1 aromatic rings. The molecule has 0 amide bonds. The van der Waals surface area contributed by atoms with Gasteiger partial charge >= 0.3 is 11.9 Å². The number of rotatable bonds is 33. The molecule has 2 N–H and O–H groups in total. The number of benzene rings is 1. The summed E-state index contributed by atoms with van der Waals surface area (Å²) in [4.78, 5) is 24.1. The molecule has 11 heteroatoms. The highest BCUT2D eigenvalue weighted by Gasteiger charge is 2.31. The van der Waals surface area contributed by atoms with Crippen molar-refractivity contribution in [2.24, 2.45) is 11.8 Å². The first-order chi connectivity index (χ1) is 25.9. The molecular formula is C43H79NO9S. The molecule has 3 unspecified atom stereocenters. The summed E-state index contributed by atoms with van der Waals surface area (Å²) in [7, 11) is -5.01. The van der Waals surface area contributed by atoms with Crippen LogP contribution in [0.2, 0.25) is 0 Å². The highest BCUT2D eigenvalue weighted by molar-refractivity contribution is 7.87. The van der Waals surface area contributed by atoms with Gasteiger partial charge in [-0.15, -0.1) is 0 Å². The summed E-state index contributed by atoms with van der Waals surface area (Å²) in [6.45, 7) is 14.3. The van der Waals surface area contributed by atoms with E-state index in [-0.39, 0.29) is 38.3 Å². The predicted octanol–water partition coefficient (Wildman–Crippen LogP) is 8.72. The first-order valence-corrected chi connectivity index (χ1v) is 22.8. The van der Waals surface area contributed by atoms with Crippen molar-refractivity contribution >= 4 is 22.1 Å². The largest absolute Gasteiger partial charge is 0.747 e. The normalized spacial score (nSPS) is 13.4. The van der Waals surface area contributed by atoms with Gasteiger partial charge in [-0.05, 0) is 37.5 Å². The molecule has 316 valence electrons. The topological polar surface area (TPSA) is 150 Å². The van der Waals surface area contributed by atoms with Gasteiger partial charge in [-0.1, -0.05) is 155 Å². The molecule has 10 nitrogen and oxygen atoms in total. The summed E-state index contributed by atoms with van der Waals surface area (Å²) >= 11 is 0. The van der Waals surface area contributed by atoms with Crippen LogP contribution in [-0.2, 0) is 35.7 Å². The lowest BCUT2D eigenvalue weighted by atomic mass is 10.0. The van der Waals surface area contributed by atoms with Gasteiger partial charge in [0.1, 0.15) is 29.8 Å². The maximum absolute atomic E-state index is 12.1. The number of esters is 2. The minimum atomic E-state index is -5.01. The Kier molecular flexibility index (Phi) is 31.9. The summed E-state index contributed by atoms with van der Waals surface area (Å²) in [5.41, 5.74) is 1.29. The summed E-state index contributed by atoms with van der Waals surface area (Å²) < 4.78 is 45.4. The summed E-state index contributed by atoms with van der Waals surface area (Å²) in [5, 5.41) is 17.1. The van der Waals surface area contributed by atoms with E-state index in [1.54, 1.807) is 0 Å². The third kappa shape index (κ3) is 25.9. The number of carbonyl (C=O) groups excluding carboxylic acids is 2. The molecular weight excluding hydrogens is 707 g/mol. The second-order valence-electron chi connectivity index (χ2n) is 15.1. The van der Waals surface area contributed by atoms with Crippen LogP contribution >= 0.6 is 0 Å². The number of aliphatic hydroxyl groups is 2. The molecule has 0 aliphatic carbocycles. The standard InChI is InChI=1S/C23H42NO2.C20H38O7S/c1-2-3-4-5-6-7-8-9-10-14-17-24(18-20-25,19-21-26)22-23-15-12-11-13-16-23;1-5-9-11-16(7-3)14-26-19(21)13-18(28(23,24)25)20(22)27-15-17(8-4)12-10-6-2/h11-13,15-16,25-26H,2-10,14,17-22H2,1H3;16-18H,5-15H2,1-4H3,(H,23,24,25)/q+1;/p-1. The molecule has 0 saturated carbocycles. The lowest BCUT2D eigenvalue weighted by Crippen LogP contribution is -2.51. The van der Waals surface area contributed by atoms with Gasteiger partial charge in [-0.25, -0.2) is 8.42 Å². The highest BCUT2D eigenvalue weighted by Crippen LogP contribution is 2.19. The SMILES string of the molecule is CCCCC(CC)COC(=O)CC(C(=O)OCC(CC)CCCC)S(=O)(=O)[O-].CCCCCCCCCCCC[N+](CCO)(CCO)Cc1ccccc1. The molecule has 54 heavy (non-hydrogen) atoms. The molecule has 0 aromatic heterocycles. The van der Waals surface area contributed by atoms with Crippen molar-refractivity contribution in [1.82, 2.24) is 0 Å². The van der Waals surface area contributed by atoms with E-state index in [1.165, 1.54) is 69.8 Å². The number of aliphatic hydroxyl groups excluding tert-OH is 2. The van der Waals surface area contributed by atoms with E-state index in [0.717, 1.165) is 82.0 Å². The fraction of sp³-hybridized carbons (Fsp3) is 0.814. The van der Waals surface area contributed by atoms with Crippen LogP contribution in [0.25, 0.3) is 0 Å². The number of nitrogens with zero attached hydrogens (tertiary/aromatic N) is 1. The minimum absolute atomic E-state index is 0.0470. The van der Waals surface area contributed by atoms with E-state index in [9.17, 15) is 32.8 Å². The fourth-order valence-corrected chi connectivity index (χ4v) is 7.36. The van der Waals surface area contributed by atoms with Gasteiger partial charge in [0.05, 0.1) is 39.4 Å². The molecule has 0 bridgehead atoms. The molecule has 1 rings (SSSR count). The Bertz CT molecular complexity index is 1140. The van der Waals surface area contributed by atoms with Crippen LogP contribution in [0.5, 0.6) is 0 Å². The average Bonchev–Trinajstić information content (AvgIpc) is 3.15. The monoisotopic (exact) mass is 786 g/mol. The number of hydrogen-bond donors (Lipinski definition) is 2. The summed E-state index contributed by atoms with van der Waals surface area (Å²) in [5.74, 6) is -1.74. The molecule has 0 aliphatic rings. The average molecular weight is 786 g/mol. The molecule has 0 fully saturated rings. The molecule has 0 saturated heterocycles. The lowest BCUT2D eigenvalue weighted by molar-refractivity contribution is -0.941. The van der Waals surface area contributed by atoms with Gasteiger partial charge < -0.3 is 28.7 Å². The Balaban J connectivity index is 0.00000104. The zero-order valence-corrected chi connectivity index (χ0v) is 35.6. The van der Waals surface area contributed by atoms with Gasteiger partial charge in [0.25, 0.3) is 0 Å². The molecule has 1 aromatic carbocycles. The third-order valence-electron chi connectivity index (χ3n) is 10.5. The van der Waals surface area contributed by atoms with E-state index in [2.05, 4.69) is 45.0 Å². The molecule has 0 radical (unpaired) electrons. The maximum Gasteiger partial charge on any atom is 0.323 e. The second kappa shape index (κ2) is 33.1. The first-order valence-electron chi connectivity index (χ1n) is 21.3. The van der Waals surface area contributed by atoms with Crippen LogP contribution in [0, 0.1) is 11.8 Å².